The first-order chi connectivity index (χ1) is 13.9. The monoisotopic (exact) mass is 392 g/mol. The van der Waals surface area contributed by atoms with Gasteiger partial charge in [0.1, 0.15) is 5.56 Å². The molecular weight excluding hydrogens is 368 g/mol. The lowest BCUT2D eigenvalue weighted by Gasteiger charge is -2.21. The number of carbonyl (C=O) groups is 2. The fourth-order valence-corrected chi connectivity index (χ4v) is 3.06. The summed E-state index contributed by atoms with van der Waals surface area (Å²) in [5.74, 6) is -0.164. The highest BCUT2D eigenvalue weighted by Gasteiger charge is 2.18. The van der Waals surface area contributed by atoms with E-state index < -0.39 is 0 Å². The summed E-state index contributed by atoms with van der Waals surface area (Å²) in [4.78, 5) is 27.1. The van der Waals surface area contributed by atoms with Crippen molar-refractivity contribution in [2.45, 2.75) is 13.8 Å². The van der Waals surface area contributed by atoms with Crippen molar-refractivity contribution in [2.75, 3.05) is 23.9 Å². The quantitative estimate of drug-likeness (QED) is 0.695. The number of nitrogens with zero attached hydrogens (tertiary/aromatic N) is 3. The number of benzene rings is 2. The second kappa shape index (κ2) is 8.60. The minimum absolute atomic E-state index is 0.0927. The van der Waals surface area contributed by atoms with Crippen molar-refractivity contribution in [3.63, 3.8) is 0 Å². The molecular formula is C22H24N4O3. The van der Waals surface area contributed by atoms with Gasteiger partial charge in [-0.3, -0.25) is 14.3 Å². The van der Waals surface area contributed by atoms with E-state index in [2.05, 4.69) is 10.4 Å². The Morgan fingerprint density at radius 2 is 1.90 bits per heavy atom. The summed E-state index contributed by atoms with van der Waals surface area (Å²) in [5.41, 5.74) is 3.42. The Kier molecular flexibility index (Phi) is 5.97. The van der Waals surface area contributed by atoms with Crippen molar-refractivity contribution in [1.29, 1.82) is 0 Å². The van der Waals surface area contributed by atoms with E-state index in [1.54, 1.807) is 42.4 Å². The number of rotatable bonds is 6. The molecule has 0 spiro atoms. The molecule has 0 unspecified atom stereocenters. The van der Waals surface area contributed by atoms with Gasteiger partial charge in [-0.25, -0.2) is 0 Å². The van der Waals surface area contributed by atoms with Gasteiger partial charge in [0.25, 0.3) is 11.8 Å². The lowest BCUT2D eigenvalue weighted by molar-refractivity contribution is 0.0987. The van der Waals surface area contributed by atoms with E-state index in [-0.39, 0.29) is 17.7 Å². The van der Waals surface area contributed by atoms with E-state index >= 15 is 0 Å². The number of methoxy groups -OCH3 is 1. The van der Waals surface area contributed by atoms with Crippen LogP contribution in [0.1, 0.15) is 33.2 Å². The average Bonchev–Trinajstić information content (AvgIpc) is 3.10. The zero-order chi connectivity index (χ0) is 21.0. The number of amides is 2. The summed E-state index contributed by atoms with van der Waals surface area (Å²) in [6, 6.07) is 14.7. The lowest BCUT2D eigenvalue weighted by Crippen LogP contribution is -2.30. The third-order valence-corrected chi connectivity index (χ3v) is 4.50. The molecule has 1 heterocycles. The van der Waals surface area contributed by atoms with Crippen molar-refractivity contribution in [3.8, 4) is 5.88 Å². The van der Waals surface area contributed by atoms with Gasteiger partial charge in [-0.15, -0.1) is 5.10 Å². The van der Waals surface area contributed by atoms with Crippen LogP contribution >= 0.6 is 0 Å². The van der Waals surface area contributed by atoms with Gasteiger partial charge < -0.3 is 15.0 Å². The molecule has 0 fully saturated rings. The molecule has 0 bridgehead atoms. The highest BCUT2D eigenvalue weighted by Crippen LogP contribution is 2.21. The number of hydrogen-bond acceptors (Lipinski definition) is 4. The zero-order valence-electron chi connectivity index (χ0n) is 17.0. The molecule has 2 aromatic carbocycles. The number of anilines is 2. The first-order valence-electron chi connectivity index (χ1n) is 9.30. The Morgan fingerprint density at radius 3 is 2.52 bits per heavy atom. The van der Waals surface area contributed by atoms with E-state index in [1.165, 1.54) is 11.8 Å². The zero-order valence-corrected chi connectivity index (χ0v) is 17.0. The second-order valence-corrected chi connectivity index (χ2v) is 6.65. The summed E-state index contributed by atoms with van der Waals surface area (Å²) in [7, 11) is 3.18. The summed E-state index contributed by atoms with van der Waals surface area (Å²) >= 11 is 0. The molecule has 2 amide bonds. The largest absolute Gasteiger partial charge is 0.479 e. The maximum absolute atomic E-state index is 12.9. The van der Waals surface area contributed by atoms with Gasteiger partial charge in [0.15, 0.2) is 0 Å². The molecule has 29 heavy (non-hydrogen) atoms. The summed E-state index contributed by atoms with van der Waals surface area (Å²) < 4.78 is 6.64. The summed E-state index contributed by atoms with van der Waals surface area (Å²) in [6.45, 7) is 4.49. The lowest BCUT2D eigenvalue weighted by atomic mass is 10.1. The molecule has 0 atom stereocenters. The minimum atomic E-state index is -0.330. The molecule has 3 rings (SSSR count). The van der Waals surface area contributed by atoms with Crippen LogP contribution in [0, 0.1) is 6.92 Å². The van der Waals surface area contributed by atoms with Gasteiger partial charge in [0.05, 0.1) is 7.11 Å². The van der Waals surface area contributed by atoms with Gasteiger partial charge in [-0.1, -0.05) is 12.1 Å². The normalized spacial score (nSPS) is 10.5. The van der Waals surface area contributed by atoms with Crippen LogP contribution in [0.5, 0.6) is 5.88 Å². The van der Waals surface area contributed by atoms with Gasteiger partial charge >= 0.3 is 0 Å². The molecule has 1 N–H and O–H groups in total. The Labute approximate surface area is 169 Å². The van der Waals surface area contributed by atoms with Crippen LogP contribution in [0.4, 0.5) is 11.4 Å². The van der Waals surface area contributed by atoms with Crippen LogP contribution in [0.2, 0.25) is 0 Å². The third-order valence-electron chi connectivity index (χ3n) is 4.50. The van der Waals surface area contributed by atoms with Crippen LogP contribution in [0.25, 0.3) is 0 Å². The molecule has 7 nitrogen and oxygen atoms in total. The number of hydrogen-bond donors (Lipinski definition) is 1. The van der Waals surface area contributed by atoms with Crippen molar-refractivity contribution >= 4 is 23.2 Å². The van der Waals surface area contributed by atoms with Gasteiger partial charge in [0, 0.05) is 36.7 Å². The van der Waals surface area contributed by atoms with Crippen LogP contribution in [0.3, 0.4) is 0 Å². The summed E-state index contributed by atoms with van der Waals surface area (Å²) in [6.07, 6.45) is 1.59. The predicted molar refractivity (Wildman–Crippen MR) is 113 cm³/mol. The highest BCUT2D eigenvalue weighted by atomic mass is 16.5. The summed E-state index contributed by atoms with van der Waals surface area (Å²) in [5, 5.41) is 6.87. The second-order valence-electron chi connectivity index (χ2n) is 6.65. The Hall–Kier alpha value is -3.61. The number of aromatic nitrogens is 2. The molecule has 3 aromatic rings. The van der Waals surface area contributed by atoms with Crippen LogP contribution in [-0.4, -0.2) is 35.2 Å². The Bertz CT molecular complexity index is 1020. The molecule has 0 saturated heterocycles. The number of ether oxygens (including phenoxy) is 1. The first kappa shape index (κ1) is 20.1. The Morgan fingerprint density at radius 1 is 1.17 bits per heavy atom. The van der Waals surface area contributed by atoms with E-state index in [0.29, 0.717) is 23.4 Å². The van der Waals surface area contributed by atoms with Crippen molar-refractivity contribution in [3.05, 3.63) is 71.4 Å². The molecule has 0 radical (unpaired) electrons. The van der Waals surface area contributed by atoms with E-state index in [1.807, 2.05) is 38.1 Å². The van der Waals surface area contributed by atoms with Crippen molar-refractivity contribution < 1.29 is 14.3 Å². The van der Waals surface area contributed by atoms with Crippen molar-refractivity contribution in [2.24, 2.45) is 7.05 Å². The van der Waals surface area contributed by atoms with E-state index in [4.69, 9.17) is 4.74 Å². The van der Waals surface area contributed by atoms with Gasteiger partial charge in [-0.05, 0) is 55.8 Å². The smallest absolute Gasteiger partial charge is 0.262 e. The molecule has 1 aromatic heterocycles. The maximum Gasteiger partial charge on any atom is 0.262 e. The number of nitrogens with one attached hydrogen (secondary N) is 1. The standard InChI is InChI=1S/C22H24N4O3/c1-5-26(18-8-6-7-15(2)13-18)22(28)16-9-11-17(12-10-16)23-20(27)19-14-25(3)24-21(19)29-4/h6-14H,5H2,1-4H3,(H,23,27). The van der Waals surface area contributed by atoms with Gasteiger partial charge in [-0.2, -0.15) is 0 Å². The van der Waals surface area contributed by atoms with Crippen molar-refractivity contribution in [1.82, 2.24) is 9.78 Å². The third kappa shape index (κ3) is 4.45. The molecule has 0 aliphatic heterocycles. The predicted octanol–water partition coefficient (Wildman–Crippen LogP) is 3.66. The fraction of sp³-hybridized carbons (Fsp3) is 0.227. The molecule has 0 aliphatic carbocycles. The van der Waals surface area contributed by atoms with Crippen LogP contribution < -0.4 is 15.0 Å². The minimum Gasteiger partial charge on any atom is -0.479 e. The number of carbonyl (C=O) groups excluding carboxylic acids is 2. The molecule has 0 saturated carbocycles. The SMILES string of the molecule is CCN(C(=O)c1ccc(NC(=O)c2cn(C)nc2OC)cc1)c1cccc(C)c1. The van der Waals surface area contributed by atoms with Crippen LogP contribution in [0.15, 0.2) is 54.7 Å². The molecule has 0 aliphatic rings. The fourth-order valence-electron chi connectivity index (χ4n) is 3.06. The molecule has 7 heteroatoms. The maximum atomic E-state index is 12.9. The molecule has 150 valence electrons. The topological polar surface area (TPSA) is 76.5 Å². The number of aryl methyl sites for hydroxylation is 2. The highest BCUT2D eigenvalue weighted by molar-refractivity contribution is 6.08. The first-order valence-corrected chi connectivity index (χ1v) is 9.30. The van der Waals surface area contributed by atoms with Crippen LogP contribution in [-0.2, 0) is 7.05 Å². The van der Waals surface area contributed by atoms with E-state index in [0.717, 1.165) is 11.3 Å². The van der Waals surface area contributed by atoms with Gasteiger partial charge in [0.2, 0.25) is 5.88 Å². The average molecular weight is 392 g/mol. The van der Waals surface area contributed by atoms with E-state index in [9.17, 15) is 9.59 Å². The Balaban J connectivity index is 1.75.